The van der Waals surface area contributed by atoms with E-state index in [0.29, 0.717) is 0 Å². The maximum atomic E-state index is 4.31. The van der Waals surface area contributed by atoms with Crippen molar-refractivity contribution in [3.05, 3.63) is 23.5 Å². The standard InChI is InChI=1S/C23H42N/c1-3-4-5-6-7-8-9-10-11-12-13-14-15-16-17-18-19-23-20-21-24-22(23)2/h20-21H,3-19H2,1-2H3. The molecule has 0 bridgehead atoms. The van der Waals surface area contributed by atoms with Gasteiger partial charge in [0, 0.05) is 11.9 Å². The number of hydrogen-bond donors (Lipinski definition) is 0. The largest absolute Gasteiger partial charge is 0.261 e. The number of allylic oxidation sites excluding steroid dienone is 3. The van der Waals surface area contributed by atoms with Gasteiger partial charge in [-0.25, -0.2) is 0 Å². The average molecular weight is 333 g/mol. The summed E-state index contributed by atoms with van der Waals surface area (Å²) in [5, 5.41) is 4.31. The van der Waals surface area contributed by atoms with Crippen molar-refractivity contribution in [3.8, 4) is 0 Å². The van der Waals surface area contributed by atoms with Crippen LogP contribution in [0.3, 0.4) is 0 Å². The first kappa shape index (κ1) is 21.3. The predicted molar refractivity (Wildman–Crippen MR) is 108 cm³/mol. The van der Waals surface area contributed by atoms with Gasteiger partial charge in [0.15, 0.2) is 0 Å². The molecule has 0 saturated carbocycles. The summed E-state index contributed by atoms with van der Waals surface area (Å²) in [6.45, 7) is 4.42. The molecule has 1 aliphatic rings. The van der Waals surface area contributed by atoms with Crippen LogP contribution in [-0.4, -0.2) is 0 Å². The van der Waals surface area contributed by atoms with Gasteiger partial charge in [-0.05, 0) is 31.4 Å². The van der Waals surface area contributed by atoms with Crippen molar-refractivity contribution < 1.29 is 0 Å². The van der Waals surface area contributed by atoms with E-state index < -0.39 is 0 Å². The maximum Gasteiger partial charge on any atom is 0.0405 e. The van der Waals surface area contributed by atoms with Crippen LogP contribution in [-0.2, 0) is 0 Å². The van der Waals surface area contributed by atoms with Crippen molar-refractivity contribution >= 4 is 0 Å². The molecule has 1 rings (SSSR count). The lowest BCUT2D eigenvalue weighted by Gasteiger charge is -2.04. The van der Waals surface area contributed by atoms with Crippen LogP contribution in [0.5, 0.6) is 0 Å². The normalized spacial score (nSPS) is 13.8. The number of unbranched alkanes of at least 4 members (excludes halogenated alkanes) is 15. The summed E-state index contributed by atoms with van der Waals surface area (Å²) in [6, 6.07) is 0. The molecule has 0 saturated heterocycles. The lowest BCUT2D eigenvalue weighted by molar-refractivity contribution is 0.529. The molecule has 0 aromatic carbocycles. The second kappa shape index (κ2) is 15.8. The highest BCUT2D eigenvalue weighted by atomic mass is 14.9. The average Bonchev–Trinajstić information content (AvgIpc) is 2.99. The zero-order valence-corrected chi connectivity index (χ0v) is 16.6. The Labute approximate surface area is 152 Å². The highest BCUT2D eigenvalue weighted by Gasteiger charge is 2.04. The van der Waals surface area contributed by atoms with Crippen molar-refractivity contribution in [2.24, 2.45) is 0 Å². The van der Waals surface area contributed by atoms with Gasteiger partial charge < -0.3 is 0 Å². The van der Waals surface area contributed by atoms with Crippen LogP contribution in [0.15, 0.2) is 23.5 Å². The van der Waals surface area contributed by atoms with E-state index in [1.807, 2.05) is 6.20 Å². The fraction of sp³-hybridized carbons (Fsp3) is 0.826. The van der Waals surface area contributed by atoms with Gasteiger partial charge in [0.2, 0.25) is 0 Å². The van der Waals surface area contributed by atoms with Crippen LogP contribution in [0, 0.1) is 0 Å². The number of hydrogen-bond acceptors (Lipinski definition) is 0. The van der Waals surface area contributed by atoms with E-state index in [9.17, 15) is 0 Å². The van der Waals surface area contributed by atoms with Crippen LogP contribution in [0.25, 0.3) is 0 Å². The molecule has 0 N–H and O–H groups in total. The molecule has 0 atom stereocenters. The molecule has 0 unspecified atom stereocenters. The van der Waals surface area contributed by atoms with Gasteiger partial charge in [-0.15, -0.1) is 0 Å². The third kappa shape index (κ3) is 11.8. The molecule has 1 heteroatoms. The van der Waals surface area contributed by atoms with E-state index in [2.05, 4.69) is 25.2 Å². The molecule has 0 fully saturated rings. The van der Waals surface area contributed by atoms with Gasteiger partial charge in [0.1, 0.15) is 0 Å². The first-order valence-electron chi connectivity index (χ1n) is 10.9. The van der Waals surface area contributed by atoms with E-state index in [-0.39, 0.29) is 0 Å². The monoisotopic (exact) mass is 332 g/mol. The van der Waals surface area contributed by atoms with Crippen molar-refractivity contribution in [2.45, 2.75) is 123 Å². The minimum Gasteiger partial charge on any atom is -0.261 e. The Hall–Kier alpha value is -0.720. The third-order valence-electron chi connectivity index (χ3n) is 5.31. The molecule has 24 heavy (non-hydrogen) atoms. The Morgan fingerprint density at radius 1 is 0.625 bits per heavy atom. The number of rotatable bonds is 17. The Bertz CT molecular complexity index is 340. The van der Waals surface area contributed by atoms with Crippen LogP contribution in [0.4, 0.5) is 0 Å². The van der Waals surface area contributed by atoms with Crippen LogP contribution < -0.4 is 5.32 Å². The van der Waals surface area contributed by atoms with Gasteiger partial charge >= 0.3 is 0 Å². The molecule has 0 amide bonds. The fourth-order valence-corrected chi connectivity index (χ4v) is 3.57. The molecule has 1 nitrogen and oxygen atoms in total. The summed E-state index contributed by atoms with van der Waals surface area (Å²) in [5.41, 5.74) is 2.69. The molecule has 0 spiro atoms. The fourth-order valence-electron chi connectivity index (χ4n) is 3.57. The van der Waals surface area contributed by atoms with Gasteiger partial charge in [-0.1, -0.05) is 103 Å². The minimum atomic E-state index is 1.23. The summed E-state index contributed by atoms with van der Waals surface area (Å²) in [5.74, 6) is 0. The smallest absolute Gasteiger partial charge is 0.0405 e. The zero-order valence-electron chi connectivity index (χ0n) is 16.6. The quantitative estimate of drug-likeness (QED) is 0.239. The van der Waals surface area contributed by atoms with Crippen molar-refractivity contribution in [1.29, 1.82) is 0 Å². The molecular weight excluding hydrogens is 290 g/mol. The summed E-state index contributed by atoms with van der Waals surface area (Å²) < 4.78 is 0. The Balaban J connectivity index is 1.70. The third-order valence-corrected chi connectivity index (χ3v) is 5.31. The van der Waals surface area contributed by atoms with Gasteiger partial charge in [-0.2, -0.15) is 0 Å². The first-order chi connectivity index (χ1) is 11.8. The molecule has 1 aliphatic heterocycles. The van der Waals surface area contributed by atoms with Crippen molar-refractivity contribution in [2.75, 3.05) is 0 Å². The molecule has 0 aromatic rings. The molecule has 1 heterocycles. The van der Waals surface area contributed by atoms with Crippen LogP contribution in [0.1, 0.15) is 123 Å². The lowest BCUT2D eigenvalue weighted by atomic mass is 10.0. The maximum absolute atomic E-state index is 4.31. The van der Waals surface area contributed by atoms with E-state index in [1.54, 1.807) is 0 Å². The van der Waals surface area contributed by atoms with E-state index in [0.717, 1.165) is 0 Å². The van der Waals surface area contributed by atoms with Gasteiger partial charge in [0.05, 0.1) is 0 Å². The van der Waals surface area contributed by atoms with E-state index in [1.165, 1.54) is 120 Å². The predicted octanol–water partition coefficient (Wildman–Crippen LogP) is 8.04. The molecule has 0 aliphatic carbocycles. The SMILES string of the molecule is CCCCCCCCCCCCCCCCCCC1=C(C)[N]C=C1. The summed E-state index contributed by atoms with van der Waals surface area (Å²) in [6.07, 6.45) is 28.4. The zero-order chi connectivity index (χ0) is 17.3. The lowest BCUT2D eigenvalue weighted by Crippen LogP contribution is -1.89. The molecule has 0 aromatic heterocycles. The second-order valence-corrected chi connectivity index (χ2v) is 7.61. The Morgan fingerprint density at radius 3 is 1.42 bits per heavy atom. The minimum absolute atomic E-state index is 1.23. The van der Waals surface area contributed by atoms with Crippen LogP contribution >= 0.6 is 0 Å². The molecular formula is C23H42N. The number of nitrogens with zero attached hydrogens (tertiary/aromatic N) is 1. The summed E-state index contributed by atoms with van der Waals surface area (Å²) in [4.78, 5) is 0. The topological polar surface area (TPSA) is 14.1 Å². The molecule has 1 radical (unpaired) electrons. The van der Waals surface area contributed by atoms with E-state index >= 15 is 0 Å². The van der Waals surface area contributed by atoms with Crippen molar-refractivity contribution in [1.82, 2.24) is 5.32 Å². The van der Waals surface area contributed by atoms with E-state index in [4.69, 9.17) is 0 Å². The van der Waals surface area contributed by atoms with Gasteiger partial charge in [0.25, 0.3) is 0 Å². The molecule has 139 valence electrons. The Morgan fingerprint density at radius 2 is 1.04 bits per heavy atom. The summed E-state index contributed by atoms with van der Waals surface area (Å²) in [7, 11) is 0. The van der Waals surface area contributed by atoms with Crippen LogP contribution in [0.2, 0.25) is 0 Å². The van der Waals surface area contributed by atoms with Crippen molar-refractivity contribution in [3.63, 3.8) is 0 Å². The Kier molecular flexibility index (Phi) is 14.0. The second-order valence-electron chi connectivity index (χ2n) is 7.61. The highest BCUT2D eigenvalue weighted by molar-refractivity contribution is 5.29. The highest BCUT2D eigenvalue weighted by Crippen LogP contribution is 2.19. The first-order valence-corrected chi connectivity index (χ1v) is 10.9. The van der Waals surface area contributed by atoms with Gasteiger partial charge in [-0.3, -0.25) is 5.32 Å². The summed E-state index contributed by atoms with van der Waals surface area (Å²) >= 11 is 0.